The van der Waals surface area contributed by atoms with Crippen LogP contribution in [0.3, 0.4) is 0 Å². The molecule has 124 valence electrons. The van der Waals surface area contributed by atoms with Gasteiger partial charge < -0.3 is 9.31 Å². The topological polar surface area (TPSA) is 31.4 Å². The van der Waals surface area contributed by atoms with Gasteiger partial charge in [-0.2, -0.15) is 0 Å². The van der Waals surface area contributed by atoms with E-state index in [1.165, 1.54) is 11.1 Å². The van der Waals surface area contributed by atoms with Gasteiger partial charge in [-0.05, 0) is 54.5 Å². The Hall–Kier alpha value is -1.17. The molecule has 0 bridgehead atoms. The van der Waals surface area contributed by atoms with Gasteiger partial charge in [-0.25, -0.2) is 9.47 Å². The average Bonchev–Trinajstić information content (AvgIpc) is 2.90. The van der Waals surface area contributed by atoms with Crippen LogP contribution in [0.25, 0.3) is 5.57 Å². The van der Waals surface area contributed by atoms with Crippen molar-refractivity contribution in [2.45, 2.75) is 59.7 Å². The molecule has 1 aromatic heterocycles. The molecule has 0 aromatic carbocycles. The van der Waals surface area contributed by atoms with Gasteiger partial charge in [-0.3, -0.25) is 0 Å². The molecule has 0 atom stereocenters. The van der Waals surface area contributed by atoms with Crippen molar-refractivity contribution >= 4 is 24.0 Å². The van der Waals surface area contributed by atoms with Crippen LogP contribution in [0.1, 0.15) is 54.0 Å². The summed E-state index contributed by atoms with van der Waals surface area (Å²) in [6.07, 6.45) is 4.25. The fourth-order valence-electron chi connectivity index (χ4n) is 3.43. The number of nitrogens with zero attached hydrogens (tertiary/aromatic N) is 2. The van der Waals surface area contributed by atoms with Crippen LogP contribution < -0.4 is 9.95 Å². The molecule has 0 N–H and O–H groups in total. The second-order valence-corrected chi connectivity index (χ2v) is 7.71. The van der Waals surface area contributed by atoms with E-state index in [0.717, 1.165) is 28.9 Å². The van der Waals surface area contributed by atoms with E-state index in [1.54, 1.807) is 0 Å². The molecule has 1 saturated heterocycles. The van der Waals surface area contributed by atoms with Crippen LogP contribution in [0, 0.1) is 0 Å². The zero-order valence-corrected chi connectivity index (χ0v) is 15.4. The molecule has 0 spiro atoms. The van der Waals surface area contributed by atoms with E-state index in [0.29, 0.717) is 0 Å². The van der Waals surface area contributed by atoms with Crippen molar-refractivity contribution < 1.29 is 9.31 Å². The van der Waals surface area contributed by atoms with E-state index in [9.17, 15) is 0 Å². The number of rotatable bonds is 3. The monoisotopic (exact) mass is 315 g/mol. The molecular formula is C18H28BN2O2+. The zero-order valence-electron chi connectivity index (χ0n) is 15.4. The predicted octanol–water partition coefficient (Wildman–Crippen LogP) is 3.10. The Morgan fingerprint density at radius 2 is 1.65 bits per heavy atom. The van der Waals surface area contributed by atoms with E-state index < -0.39 is 0 Å². The maximum atomic E-state index is 6.16. The molecule has 23 heavy (non-hydrogen) atoms. The maximum Gasteiger partial charge on any atom is 0.496 e. The number of quaternary nitrogens is 1. The Labute approximate surface area is 140 Å². The molecule has 2 aliphatic heterocycles. The molecule has 0 aliphatic carbocycles. The van der Waals surface area contributed by atoms with E-state index >= 15 is 0 Å². The summed E-state index contributed by atoms with van der Waals surface area (Å²) in [6, 6.07) is 2.20. The first kappa shape index (κ1) is 16.7. The molecular weight excluding hydrogens is 287 g/mol. The molecule has 5 heteroatoms. The van der Waals surface area contributed by atoms with Gasteiger partial charge in [0.1, 0.15) is 6.20 Å². The first-order chi connectivity index (χ1) is 10.7. The Kier molecular flexibility index (Phi) is 3.75. The summed E-state index contributed by atoms with van der Waals surface area (Å²) in [4.78, 5) is 4.81. The third-order valence-electron chi connectivity index (χ3n) is 5.83. The van der Waals surface area contributed by atoms with Crippen LogP contribution in [-0.4, -0.2) is 36.4 Å². The van der Waals surface area contributed by atoms with Crippen LogP contribution in [-0.2, 0) is 9.31 Å². The highest BCUT2D eigenvalue weighted by Gasteiger charge is 2.52. The maximum absolute atomic E-state index is 6.16. The lowest BCUT2D eigenvalue weighted by molar-refractivity contribution is 0.00578. The lowest BCUT2D eigenvalue weighted by Gasteiger charge is -2.32. The number of hydrogen-bond acceptors (Lipinski definition) is 3. The first-order valence-electron chi connectivity index (χ1n) is 8.58. The lowest BCUT2D eigenvalue weighted by atomic mass is 9.79. The van der Waals surface area contributed by atoms with Gasteiger partial charge in [0, 0.05) is 17.2 Å². The van der Waals surface area contributed by atoms with E-state index in [2.05, 4.69) is 60.7 Å². The van der Waals surface area contributed by atoms with Gasteiger partial charge in [0.05, 0.1) is 29.9 Å². The van der Waals surface area contributed by atoms with Crippen molar-refractivity contribution in [1.29, 1.82) is 0 Å². The summed E-state index contributed by atoms with van der Waals surface area (Å²) in [5.41, 5.74) is 2.86. The van der Waals surface area contributed by atoms with Crippen LogP contribution in [0.4, 0.5) is 5.82 Å². The summed E-state index contributed by atoms with van der Waals surface area (Å²) >= 11 is 0. The van der Waals surface area contributed by atoms with Crippen LogP contribution in [0.2, 0.25) is 0 Å². The Morgan fingerprint density at radius 3 is 2.17 bits per heavy atom. The molecule has 1 aromatic rings. The van der Waals surface area contributed by atoms with Crippen molar-refractivity contribution in [3.8, 4) is 0 Å². The van der Waals surface area contributed by atoms with Gasteiger partial charge in [0.2, 0.25) is 5.82 Å². The second-order valence-electron chi connectivity index (χ2n) is 7.71. The fraction of sp³-hybridized carbons (Fsp3) is 0.611. The molecule has 0 amide bonds. The average molecular weight is 315 g/mol. The summed E-state index contributed by atoms with van der Waals surface area (Å²) in [5, 5.41) is 0. The molecule has 2 aliphatic rings. The summed E-state index contributed by atoms with van der Waals surface area (Å²) in [5.74, 6) is 1.15. The summed E-state index contributed by atoms with van der Waals surface area (Å²) in [7, 11) is -0.351. The minimum Gasteiger partial charge on any atom is -0.399 e. The first-order valence-corrected chi connectivity index (χ1v) is 8.58. The molecule has 3 rings (SSSR count). The van der Waals surface area contributed by atoms with Gasteiger partial charge in [0.15, 0.2) is 0 Å². The Bertz CT molecular complexity index is 647. The van der Waals surface area contributed by atoms with Gasteiger partial charge in [-0.15, -0.1) is 0 Å². The highest BCUT2D eigenvalue weighted by Crippen LogP contribution is 2.39. The molecule has 3 heterocycles. The molecule has 1 fully saturated rings. The van der Waals surface area contributed by atoms with Gasteiger partial charge in [-0.1, -0.05) is 0 Å². The highest BCUT2D eigenvalue weighted by atomic mass is 16.7. The fourth-order valence-corrected chi connectivity index (χ4v) is 3.43. The normalized spacial score (nSPS) is 23.8. The lowest BCUT2D eigenvalue weighted by Crippen LogP contribution is -2.43. The quantitative estimate of drug-likeness (QED) is 0.634. The van der Waals surface area contributed by atoms with Crippen molar-refractivity contribution in [1.82, 2.24) is 9.47 Å². The Balaban J connectivity index is 1.98. The Morgan fingerprint density at radius 1 is 1.09 bits per heavy atom. The van der Waals surface area contributed by atoms with Gasteiger partial charge in [0.25, 0.3) is 0 Å². The second kappa shape index (κ2) is 5.17. The van der Waals surface area contributed by atoms with Crippen LogP contribution in [0.5, 0.6) is 0 Å². The van der Waals surface area contributed by atoms with Crippen molar-refractivity contribution in [3.05, 3.63) is 24.0 Å². The number of fused-ring (bicyclic) bond motifs is 1. The zero-order chi connectivity index (χ0) is 17.0. The van der Waals surface area contributed by atoms with E-state index in [-0.39, 0.29) is 18.3 Å². The van der Waals surface area contributed by atoms with Crippen LogP contribution >= 0.6 is 0 Å². The van der Waals surface area contributed by atoms with Gasteiger partial charge >= 0.3 is 7.12 Å². The number of hydrogen-bond donors (Lipinski definition) is 0. The minimum atomic E-state index is -0.351. The highest BCUT2D eigenvalue weighted by molar-refractivity contribution is 6.62. The number of allylic oxidation sites excluding steroid dienone is 1. The molecule has 0 saturated carbocycles. The number of pyridine rings is 1. The molecule has 0 radical (unpaired) electrons. The van der Waals surface area contributed by atoms with E-state index in [1.807, 2.05) is 6.20 Å². The van der Waals surface area contributed by atoms with Crippen molar-refractivity contribution in [3.63, 3.8) is 0 Å². The summed E-state index contributed by atoms with van der Waals surface area (Å²) in [6.45, 7) is 16.9. The van der Waals surface area contributed by atoms with Crippen molar-refractivity contribution in [2.24, 2.45) is 0 Å². The van der Waals surface area contributed by atoms with Crippen LogP contribution in [0.15, 0.2) is 18.5 Å². The van der Waals surface area contributed by atoms with Crippen molar-refractivity contribution in [2.75, 3.05) is 13.1 Å². The molecule has 0 unspecified atom stereocenters. The number of aromatic nitrogens is 1. The third-order valence-corrected chi connectivity index (χ3v) is 5.83. The minimum absolute atomic E-state index is 0.325. The largest absolute Gasteiger partial charge is 0.496 e. The standard InChI is InChI=1S/C18H28BN2O2/c1-8-21(9-2)12-13(3)15-10-14(11-20-16(15)21)19-22-17(4,5)18(6,7)23-19/h10-12H,8-9H2,1-7H3/q+1. The van der Waals surface area contributed by atoms with E-state index in [4.69, 9.17) is 14.3 Å². The predicted molar refractivity (Wildman–Crippen MR) is 96.5 cm³/mol. The summed E-state index contributed by atoms with van der Waals surface area (Å²) < 4.78 is 13.2. The third kappa shape index (κ3) is 2.37. The molecule has 4 nitrogen and oxygen atoms in total. The smallest absolute Gasteiger partial charge is 0.399 e. The SMILES string of the molecule is CC[N+]1(CC)C=C(C)c2cc(B3OC(C)(C)C(C)(C)O3)cnc21.